The number of anilines is 1. The van der Waals surface area contributed by atoms with Crippen molar-refractivity contribution in [3.8, 4) is 5.69 Å². The summed E-state index contributed by atoms with van der Waals surface area (Å²) in [5, 5.41) is 2.90. The number of aromatic nitrogens is 2. The lowest BCUT2D eigenvalue weighted by atomic mass is 10.2. The molecule has 1 amide bonds. The van der Waals surface area contributed by atoms with Gasteiger partial charge in [0.1, 0.15) is 5.69 Å². The maximum absolute atomic E-state index is 12.5. The van der Waals surface area contributed by atoms with Crippen LogP contribution >= 0.6 is 15.9 Å². The number of hydrogen-bond donors (Lipinski definition) is 1. The molecule has 0 saturated heterocycles. The van der Waals surface area contributed by atoms with Crippen molar-refractivity contribution in [2.24, 2.45) is 0 Å². The molecule has 0 unspecified atom stereocenters. The zero-order valence-electron chi connectivity index (χ0n) is 12.0. The summed E-state index contributed by atoms with van der Waals surface area (Å²) in [4.78, 5) is 16.6. The molecule has 0 bridgehead atoms. The second kappa shape index (κ2) is 6.15. The van der Waals surface area contributed by atoms with Gasteiger partial charge in [-0.25, -0.2) is 4.98 Å². The summed E-state index contributed by atoms with van der Waals surface area (Å²) in [6.07, 6.45) is 3.19. The Bertz CT molecular complexity index is 812. The molecule has 0 aliphatic rings. The minimum atomic E-state index is -0.203. The number of carbonyl (C=O) groups is 1. The van der Waals surface area contributed by atoms with Gasteiger partial charge in [0.05, 0.1) is 18.2 Å². The van der Waals surface area contributed by atoms with E-state index in [-0.39, 0.29) is 5.91 Å². The molecule has 110 valence electrons. The van der Waals surface area contributed by atoms with Crippen molar-refractivity contribution in [1.82, 2.24) is 9.55 Å². The Kier molecular flexibility index (Phi) is 4.06. The van der Waals surface area contributed by atoms with Gasteiger partial charge in [0, 0.05) is 10.2 Å². The number of para-hydroxylation sites is 1. The fourth-order valence-electron chi connectivity index (χ4n) is 2.17. The van der Waals surface area contributed by atoms with Gasteiger partial charge in [0.2, 0.25) is 0 Å². The van der Waals surface area contributed by atoms with Crippen molar-refractivity contribution in [2.75, 3.05) is 5.32 Å². The number of halogens is 1. The first-order valence-corrected chi connectivity index (χ1v) is 7.60. The van der Waals surface area contributed by atoms with E-state index in [2.05, 4.69) is 26.2 Å². The van der Waals surface area contributed by atoms with Gasteiger partial charge < -0.3 is 5.32 Å². The number of hydrogen-bond acceptors (Lipinski definition) is 2. The molecule has 1 N–H and O–H groups in total. The highest BCUT2D eigenvalue weighted by atomic mass is 79.9. The Morgan fingerprint density at radius 2 is 1.95 bits per heavy atom. The van der Waals surface area contributed by atoms with Crippen LogP contribution in [-0.2, 0) is 0 Å². The van der Waals surface area contributed by atoms with Crippen LogP contribution in [0.3, 0.4) is 0 Å². The van der Waals surface area contributed by atoms with E-state index >= 15 is 0 Å². The highest BCUT2D eigenvalue weighted by Crippen LogP contribution is 2.24. The predicted octanol–water partition coefficient (Wildman–Crippen LogP) is 4.20. The van der Waals surface area contributed by atoms with Gasteiger partial charge in [-0.05, 0) is 52.7 Å². The Morgan fingerprint density at radius 1 is 1.18 bits per heavy atom. The molecule has 2 aromatic carbocycles. The first-order valence-electron chi connectivity index (χ1n) is 6.80. The SMILES string of the molecule is Cc1ccc(NC(=O)c2cncn2-c2ccccc2)c(Br)c1. The average molecular weight is 356 g/mol. The molecule has 0 atom stereocenters. The van der Waals surface area contributed by atoms with Gasteiger partial charge in [0.15, 0.2) is 0 Å². The second-order valence-electron chi connectivity index (χ2n) is 4.92. The fourth-order valence-corrected chi connectivity index (χ4v) is 2.76. The second-order valence-corrected chi connectivity index (χ2v) is 5.78. The summed E-state index contributed by atoms with van der Waals surface area (Å²) in [6, 6.07) is 15.4. The molecule has 1 aromatic heterocycles. The zero-order valence-corrected chi connectivity index (χ0v) is 13.5. The molecule has 3 aromatic rings. The van der Waals surface area contributed by atoms with E-state index in [0.717, 1.165) is 21.4 Å². The van der Waals surface area contributed by atoms with Crippen molar-refractivity contribution in [1.29, 1.82) is 0 Å². The molecule has 0 aliphatic carbocycles. The minimum Gasteiger partial charge on any atom is -0.320 e. The van der Waals surface area contributed by atoms with Gasteiger partial charge in [0.25, 0.3) is 5.91 Å². The van der Waals surface area contributed by atoms with Crippen molar-refractivity contribution in [2.45, 2.75) is 6.92 Å². The van der Waals surface area contributed by atoms with Gasteiger partial charge in [-0.3, -0.25) is 9.36 Å². The van der Waals surface area contributed by atoms with Gasteiger partial charge >= 0.3 is 0 Å². The monoisotopic (exact) mass is 355 g/mol. The first kappa shape index (κ1) is 14.5. The molecule has 1 heterocycles. The molecular formula is C17H14BrN3O. The largest absolute Gasteiger partial charge is 0.320 e. The third kappa shape index (κ3) is 2.94. The van der Waals surface area contributed by atoms with Crippen LogP contribution in [0.25, 0.3) is 5.69 Å². The van der Waals surface area contributed by atoms with Gasteiger partial charge in [-0.1, -0.05) is 24.3 Å². The van der Waals surface area contributed by atoms with Crippen molar-refractivity contribution in [3.05, 3.63) is 76.8 Å². The third-order valence-electron chi connectivity index (χ3n) is 3.28. The van der Waals surface area contributed by atoms with E-state index in [0.29, 0.717) is 5.69 Å². The lowest BCUT2D eigenvalue weighted by Crippen LogP contribution is -2.16. The molecule has 0 aliphatic heterocycles. The fraction of sp³-hybridized carbons (Fsp3) is 0.0588. The third-order valence-corrected chi connectivity index (χ3v) is 3.93. The summed E-state index contributed by atoms with van der Waals surface area (Å²) < 4.78 is 2.61. The van der Waals surface area contributed by atoms with Gasteiger partial charge in [-0.2, -0.15) is 0 Å². The number of carbonyl (C=O) groups excluding carboxylic acids is 1. The predicted molar refractivity (Wildman–Crippen MR) is 90.4 cm³/mol. The molecule has 4 nitrogen and oxygen atoms in total. The summed E-state index contributed by atoms with van der Waals surface area (Å²) in [5.74, 6) is -0.203. The van der Waals surface area contributed by atoms with Crippen LogP contribution in [0.1, 0.15) is 16.1 Å². The highest BCUT2D eigenvalue weighted by molar-refractivity contribution is 9.10. The summed E-state index contributed by atoms with van der Waals surface area (Å²) >= 11 is 3.47. The Balaban J connectivity index is 1.89. The zero-order chi connectivity index (χ0) is 15.5. The summed E-state index contributed by atoms with van der Waals surface area (Å²) in [5.41, 5.74) is 3.24. The summed E-state index contributed by atoms with van der Waals surface area (Å²) in [6.45, 7) is 2.00. The maximum atomic E-state index is 12.5. The molecule has 0 fully saturated rings. The van der Waals surface area contributed by atoms with Crippen molar-refractivity contribution in [3.63, 3.8) is 0 Å². The van der Waals surface area contributed by atoms with Crippen molar-refractivity contribution < 1.29 is 4.79 Å². The molecule has 0 radical (unpaired) electrons. The minimum absolute atomic E-state index is 0.203. The van der Waals surface area contributed by atoms with Crippen LogP contribution in [0.4, 0.5) is 5.69 Å². The quantitative estimate of drug-likeness (QED) is 0.765. The molecule has 3 rings (SSSR count). The Hall–Kier alpha value is -2.40. The Labute approximate surface area is 136 Å². The van der Waals surface area contributed by atoms with Crippen molar-refractivity contribution >= 4 is 27.5 Å². The van der Waals surface area contributed by atoms with Gasteiger partial charge in [-0.15, -0.1) is 0 Å². The molecule has 0 saturated carbocycles. The lowest BCUT2D eigenvalue weighted by molar-refractivity contribution is 0.102. The van der Waals surface area contributed by atoms with E-state index in [1.807, 2.05) is 55.5 Å². The molecule has 0 spiro atoms. The van der Waals surface area contributed by atoms with E-state index in [9.17, 15) is 4.79 Å². The topological polar surface area (TPSA) is 46.9 Å². The van der Waals surface area contributed by atoms with E-state index in [1.54, 1.807) is 17.1 Å². The number of benzene rings is 2. The van der Waals surface area contributed by atoms with Crippen LogP contribution in [0.2, 0.25) is 0 Å². The summed E-state index contributed by atoms with van der Waals surface area (Å²) in [7, 11) is 0. The van der Waals surface area contributed by atoms with Crippen LogP contribution in [0.15, 0.2) is 65.5 Å². The Morgan fingerprint density at radius 3 is 2.68 bits per heavy atom. The van der Waals surface area contributed by atoms with Crippen LogP contribution < -0.4 is 5.32 Å². The highest BCUT2D eigenvalue weighted by Gasteiger charge is 2.14. The molecule has 5 heteroatoms. The normalized spacial score (nSPS) is 10.5. The lowest BCUT2D eigenvalue weighted by Gasteiger charge is -2.10. The van der Waals surface area contributed by atoms with E-state index < -0.39 is 0 Å². The maximum Gasteiger partial charge on any atom is 0.274 e. The number of imidazole rings is 1. The number of amides is 1. The standard InChI is InChI=1S/C17H14BrN3O/c1-12-7-8-15(14(18)9-12)20-17(22)16-10-19-11-21(16)13-5-3-2-4-6-13/h2-11H,1H3,(H,20,22). The smallest absolute Gasteiger partial charge is 0.274 e. The molecule has 22 heavy (non-hydrogen) atoms. The molecular weight excluding hydrogens is 342 g/mol. The van der Waals surface area contributed by atoms with E-state index in [1.165, 1.54) is 0 Å². The first-order chi connectivity index (χ1) is 10.6. The number of nitrogens with zero attached hydrogens (tertiary/aromatic N) is 2. The van der Waals surface area contributed by atoms with E-state index in [4.69, 9.17) is 0 Å². The number of nitrogens with one attached hydrogen (secondary N) is 1. The van der Waals surface area contributed by atoms with Crippen LogP contribution in [-0.4, -0.2) is 15.5 Å². The number of aryl methyl sites for hydroxylation is 1. The van der Waals surface area contributed by atoms with Crippen LogP contribution in [0, 0.1) is 6.92 Å². The van der Waals surface area contributed by atoms with Crippen LogP contribution in [0.5, 0.6) is 0 Å². The average Bonchev–Trinajstić information content (AvgIpc) is 3.00. The number of rotatable bonds is 3.